The highest BCUT2D eigenvalue weighted by Gasteiger charge is 2.32. The first-order valence-electron chi connectivity index (χ1n) is 8.23. The molecule has 2 N–H and O–H groups in total. The third kappa shape index (κ3) is 2.95. The molecule has 0 radical (unpaired) electrons. The van der Waals surface area contributed by atoms with Gasteiger partial charge in [-0.15, -0.1) is 11.3 Å². The monoisotopic (exact) mass is 358 g/mol. The number of amides is 2. The van der Waals surface area contributed by atoms with Gasteiger partial charge >= 0.3 is 0 Å². The van der Waals surface area contributed by atoms with Crippen LogP contribution in [0.5, 0.6) is 11.5 Å². The number of nitrogens with zero attached hydrogens (tertiary/aromatic N) is 1. The van der Waals surface area contributed by atoms with Gasteiger partial charge < -0.3 is 20.1 Å². The van der Waals surface area contributed by atoms with Crippen molar-refractivity contribution < 1.29 is 19.1 Å². The Morgan fingerprint density at radius 1 is 1.08 bits per heavy atom. The van der Waals surface area contributed by atoms with Crippen LogP contribution in [0.15, 0.2) is 30.3 Å². The summed E-state index contributed by atoms with van der Waals surface area (Å²) in [7, 11) is 0. The van der Waals surface area contributed by atoms with Crippen molar-refractivity contribution in [2.24, 2.45) is 5.73 Å². The Labute approximate surface area is 149 Å². The van der Waals surface area contributed by atoms with Gasteiger partial charge in [0.1, 0.15) is 13.2 Å². The lowest BCUT2D eigenvalue weighted by atomic mass is 10.0. The molecule has 25 heavy (non-hydrogen) atoms. The maximum atomic E-state index is 12.9. The predicted octanol–water partition coefficient (Wildman–Crippen LogP) is 2.60. The van der Waals surface area contributed by atoms with Crippen molar-refractivity contribution in [3.8, 4) is 11.5 Å². The summed E-state index contributed by atoms with van der Waals surface area (Å²) in [6.07, 6.45) is 1.85. The Hall–Kier alpha value is -2.54. The van der Waals surface area contributed by atoms with E-state index in [4.69, 9.17) is 15.2 Å². The predicted molar refractivity (Wildman–Crippen MR) is 93.3 cm³/mol. The summed E-state index contributed by atoms with van der Waals surface area (Å²) in [5, 5.41) is 0. The average molecular weight is 358 g/mol. The van der Waals surface area contributed by atoms with Crippen LogP contribution < -0.4 is 15.2 Å². The number of hydrogen-bond acceptors (Lipinski definition) is 5. The summed E-state index contributed by atoms with van der Waals surface area (Å²) < 4.78 is 11.2. The van der Waals surface area contributed by atoms with Crippen LogP contribution in [0.2, 0.25) is 0 Å². The molecule has 1 aromatic heterocycles. The molecule has 2 aliphatic heterocycles. The Morgan fingerprint density at radius 2 is 1.84 bits per heavy atom. The first kappa shape index (κ1) is 16.0. The smallest absolute Gasteiger partial charge is 0.264 e. The van der Waals surface area contributed by atoms with E-state index in [1.165, 1.54) is 0 Å². The zero-order valence-corrected chi connectivity index (χ0v) is 14.4. The van der Waals surface area contributed by atoms with E-state index in [0.717, 1.165) is 41.2 Å². The van der Waals surface area contributed by atoms with Crippen LogP contribution in [-0.2, 0) is 0 Å². The van der Waals surface area contributed by atoms with Crippen LogP contribution >= 0.6 is 11.3 Å². The number of rotatable bonds is 3. The maximum absolute atomic E-state index is 12.9. The second-order valence-corrected chi connectivity index (χ2v) is 7.17. The summed E-state index contributed by atoms with van der Waals surface area (Å²) in [6.45, 7) is 1.79. The Balaban J connectivity index is 1.59. The van der Waals surface area contributed by atoms with E-state index in [1.54, 1.807) is 12.1 Å². The lowest BCUT2D eigenvalue weighted by molar-refractivity contribution is 0.0740. The first-order valence-corrected chi connectivity index (χ1v) is 9.05. The highest BCUT2D eigenvalue weighted by atomic mass is 32.1. The zero-order chi connectivity index (χ0) is 17.4. The lowest BCUT2D eigenvalue weighted by Crippen LogP contribution is -2.30. The quantitative estimate of drug-likeness (QED) is 0.914. The van der Waals surface area contributed by atoms with Crippen molar-refractivity contribution in [2.45, 2.75) is 18.9 Å². The number of hydrogen-bond donors (Lipinski definition) is 1. The van der Waals surface area contributed by atoms with E-state index in [1.807, 2.05) is 23.1 Å². The van der Waals surface area contributed by atoms with Crippen LogP contribution in [0.1, 0.15) is 43.8 Å². The molecule has 0 bridgehead atoms. The van der Waals surface area contributed by atoms with E-state index in [2.05, 4.69) is 0 Å². The van der Waals surface area contributed by atoms with Gasteiger partial charge in [-0.2, -0.15) is 0 Å². The number of fused-ring (bicyclic) bond motifs is 1. The average Bonchev–Trinajstić information content (AvgIpc) is 3.30. The van der Waals surface area contributed by atoms with Gasteiger partial charge in [-0.05, 0) is 42.7 Å². The van der Waals surface area contributed by atoms with Crippen molar-refractivity contribution in [3.05, 3.63) is 45.6 Å². The second kappa shape index (κ2) is 6.40. The number of primary amides is 1. The van der Waals surface area contributed by atoms with Gasteiger partial charge in [0, 0.05) is 6.54 Å². The molecule has 1 saturated heterocycles. The largest absolute Gasteiger partial charge is 0.486 e. The minimum atomic E-state index is -0.506. The van der Waals surface area contributed by atoms with Crippen LogP contribution in [0.25, 0.3) is 0 Å². The number of carbonyl (C=O) groups excluding carboxylic acids is 2. The molecule has 2 aromatic rings. The van der Waals surface area contributed by atoms with Gasteiger partial charge in [-0.25, -0.2) is 0 Å². The number of carbonyl (C=O) groups is 2. The summed E-state index contributed by atoms with van der Waals surface area (Å²) in [5.41, 5.74) is 6.33. The van der Waals surface area contributed by atoms with Gasteiger partial charge in [-0.3, -0.25) is 9.59 Å². The summed E-state index contributed by atoms with van der Waals surface area (Å²) in [5.74, 6) is 0.911. The first-order chi connectivity index (χ1) is 12.1. The van der Waals surface area contributed by atoms with Gasteiger partial charge in [0.15, 0.2) is 11.5 Å². The van der Waals surface area contributed by atoms with Crippen molar-refractivity contribution in [1.82, 2.24) is 4.90 Å². The van der Waals surface area contributed by atoms with E-state index in [-0.39, 0.29) is 11.9 Å². The van der Waals surface area contributed by atoms with Crippen LogP contribution in [-0.4, -0.2) is 36.5 Å². The van der Waals surface area contributed by atoms with E-state index < -0.39 is 5.91 Å². The van der Waals surface area contributed by atoms with Crippen molar-refractivity contribution >= 4 is 23.2 Å². The highest BCUT2D eigenvalue weighted by molar-refractivity contribution is 7.15. The van der Waals surface area contributed by atoms with Gasteiger partial charge in [0.25, 0.3) is 11.8 Å². The number of ether oxygens (including phenoxy) is 2. The molecule has 0 spiro atoms. The Morgan fingerprint density at radius 3 is 2.60 bits per heavy atom. The molecule has 7 heteroatoms. The molecule has 4 rings (SSSR count). The lowest BCUT2D eigenvalue weighted by Gasteiger charge is -2.26. The molecule has 1 fully saturated rings. The summed E-state index contributed by atoms with van der Waals surface area (Å²) in [6, 6.07) is 9.14. The number of benzene rings is 1. The zero-order valence-electron chi connectivity index (χ0n) is 13.6. The molecule has 1 atom stereocenters. The molecule has 6 nitrogen and oxygen atoms in total. The van der Waals surface area contributed by atoms with Crippen molar-refractivity contribution in [2.75, 3.05) is 19.8 Å². The molecular formula is C18H18N2O4S. The molecule has 1 aromatic carbocycles. The van der Waals surface area contributed by atoms with Gasteiger partial charge in [0.05, 0.1) is 15.8 Å². The molecule has 2 aliphatic rings. The maximum Gasteiger partial charge on any atom is 0.264 e. The van der Waals surface area contributed by atoms with Gasteiger partial charge in [-0.1, -0.05) is 6.07 Å². The molecule has 0 saturated carbocycles. The molecular weight excluding hydrogens is 340 g/mol. The van der Waals surface area contributed by atoms with Crippen LogP contribution in [0, 0.1) is 0 Å². The Bertz CT molecular complexity index is 832. The minimum Gasteiger partial charge on any atom is -0.486 e. The van der Waals surface area contributed by atoms with Gasteiger partial charge in [0.2, 0.25) is 0 Å². The summed E-state index contributed by atoms with van der Waals surface area (Å²) in [4.78, 5) is 27.0. The van der Waals surface area contributed by atoms with E-state index >= 15 is 0 Å². The molecule has 2 amide bonds. The SMILES string of the molecule is NC(=O)c1ccc(C(=O)N2CCC[C@@H]2c2ccc3c(c2)OCCO3)s1. The number of likely N-dealkylation sites (tertiary alicyclic amines) is 1. The highest BCUT2D eigenvalue weighted by Crippen LogP contribution is 2.39. The standard InChI is InChI=1S/C18H18N2O4S/c19-17(21)15-5-6-16(25-15)18(22)20-7-1-2-12(20)11-3-4-13-14(10-11)24-9-8-23-13/h3-6,10,12H,1-2,7-9H2,(H2,19,21)/t12-/m1/s1. The Kier molecular flexibility index (Phi) is 4.09. The van der Waals surface area contributed by atoms with Crippen molar-refractivity contribution in [3.63, 3.8) is 0 Å². The fourth-order valence-corrected chi connectivity index (χ4v) is 4.16. The molecule has 3 heterocycles. The molecule has 0 unspecified atom stereocenters. The summed E-state index contributed by atoms with van der Waals surface area (Å²) >= 11 is 1.15. The fourth-order valence-electron chi connectivity index (χ4n) is 3.35. The minimum absolute atomic E-state index is 0.00227. The second-order valence-electron chi connectivity index (χ2n) is 6.09. The third-order valence-electron chi connectivity index (χ3n) is 4.52. The topological polar surface area (TPSA) is 81.9 Å². The number of thiophene rings is 1. The normalized spacial score (nSPS) is 19.0. The van der Waals surface area contributed by atoms with Crippen molar-refractivity contribution in [1.29, 1.82) is 0 Å². The fraction of sp³-hybridized carbons (Fsp3) is 0.333. The molecule has 130 valence electrons. The number of nitrogens with two attached hydrogens (primary N) is 1. The molecule has 0 aliphatic carbocycles. The van der Waals surface area contributed by atoms with E-state index in [0.29, 0.717) is 29.5 Å². The van der Waals surface area contributed by atoms with E-state index in [9.17, 15) is 9.59 Å². The third-order valence-corrected chi connectivity index (χ3v) is 5.61. The van der Waals surface area contributed by atoms with Crippen LogP contribution in [0.3, 0.4) is 0 Å². The van der Waals surface area contributed by atoms with Crippen LogP contribution in [0.4, 0.5) is 0 Å².